The molecule has 2 aromatic carbocycles. The summed E-state index contributed by atoms with van der Waals surface area (Å²) in [5.74, 6) is -1.26. The Hall–Kier alpha value is -3.69. The number of morpholine rings is 1. The number of nitrogens with two attached hydrogens (primary N) is 1. The van der Waals surface area contributed by atoms with E-state index < -0.39 is 11.6 Å². The van der Waals surface area contributed by atoms with Gasteiger partial charge in [-0.05, 0) is 36.2 Å². The van der Waals surface area contributed by atoms with E-state index in [2.05, 4.69) is 25.2 Å². The summed E-state index contributed by atoms with van der Waals surface area (Å²) in [6.07, 6.45) is 5.63. The van der Waals surface area contributed by atoms with Crippen LogP contribution in [0.15, 0.2) is 55.1 Å². The molecule has 4 heterocycles. The largest absolute Gasteiger partial charge is 0.396 e. The van der Waals surface area contributed by atoms with Gasteiger partial charge in [-0.1, -0.05) is 6.07 Å². The van der Waals surface area contributed by atoms with Crippen LogP contribution < -0.4 is 16.0 Å². The third-order valence-electron chi connectivity index (χ3n) is 6.74. The van der Waals surface area contributed by atoms with Crippen molar-refractivity contribution in [3.8, 4) is 22.4 Å². The van der Waals surface area contributed by atoms with Gasteiger partial charge >= 0.3 is 0 Å². The molecule has 2 aliphatic rings. The maximum absolute atomic E-state index is 14.2. The minimum absolute atomic E-state index is 0.0264. The van der Waals surface area contributed by atoms with Crippen molar-refractivity contribution in [2.45, 2.75) is 18.6 Å². The number of anilines is 2. The van der Waals surface area contributed by atoms with Crippen molar-refractivity contribution in [1.29, 1.82) is 0 Å². The summed E-state index contributed by atoms with van der Waals surface area (Å²) in [6.45, 7) is 2.92. The van der Waals surface area contributed by atoms with Crippen LogP contribution >= 0.6 is 0 Å². The number of fused-ring (bicyclic) bond motifs is 2. The predicted molar refractivity (Wildman–Crippen MR) is 131 cm³/mol. The van der Waals surface area contributed by atoms with E-state index in [4.69, 9.17) is 10.5 Å². The monoisotopic (exact) mass is 474 g/mol. The smallest absolute Gasteiger partial charge is 0.126 e. The lowest BCUT2D eigenvalue weighted by atomic mass is 9.95. The Bertz CT molecular complexity index is 1390. The summed E-state index contributed by atoms with van der Waals surface area (Å²) in [5, 5.41) is 4.39. The Balaban J connectivity index is 1.55. The molecule has 1 unspecified atom stereocenters. The summed E-state index contributed by atoms with van der Waals surface area (Å²) < 4.78 is 34.5. The van der Waals surface area contributed by atoms with Crippen molar-refractivity contribution in [3.05, 3.63) is 66.8 Å². The number of nitrogens with one attached hydrogen (secondary N) is 1. The third kappa shape index (κ3) is 4.06. The van der Waals surface area contributed by atoms with E-state index in [-0.39, 0.29) is 6.10 Å². The molecule has 4 aromatic rings. The third-order valence-corrected chi connectivity index (χ3v) is 6.74. The fourth-order valence-corrected chi connectivity index (χ4v) is 5.15. The molecule has 6 rings (SSSR count). The maximum atomic E-state index is 14.2. The predicted octanol–water partition coefficient (Wildman–Crippen LogP) is 3.79. The molecule has 0 spiro atoms. The van der Waals surface area contributed by atoms with Gasteiger partial charge in [0.25, 0.3) is 0 Å². The van der Waals surface area contributed by atoms with E-state index in [1.807, 2.05) is 18.2 Å². The molecular weight excluding hydrogens is 450 g/mol. The molecular formula is C26H24F2N6O. The van der Waals surface area contributed by atoms with Crippen LogP contribution in [0, 0.1) is 11.6 Å². The van der Waals surface area contributed by atoms with Gasteiger partial charge in [-0.2, -0.15) is 0 Å². The van der Waals surface area contributed by atoms with Crippen LogP contribution in [0.3, 0.4) is 0 Å². The van der Waals surface area contributed by atoms with Crippen LogP contribution in [0.25, 0.3) is 33.3 Å². The number of pyridine rings is 1. The summed E-state index contributed by atoms with van der Waals surface area (Å²) in [5.41, 5.74) is 10.8. The van der Waals surface area contributed by atoms with Crippen molar-refractivity contribution < 1.29 is 13.5 Å². The van der Waals surface area contributed by atoms with Gasteiger partial charge in [-0.25, -0.2) is 18.7 Å². The number of aromatic nitrogens is 3. The van der Waals surface area contributed by atoms with E-state index in [0.717, 1.165) is 47.7 Å². The van der Waals surface area contributed by atoms with Gasteiger partial charge in [0.2, 0.25) is 0 Å². The highest BCUT2D eigenvalue weighted by atomic mass is 19.1. The van der Waals surface area contributed by atoms with Crippen molar-refractivity contribution in [2.75, 3.05) is 36.9 Å². The zero-order valence-corrected chi connectivity index (χ0v) is 18.9. The second kappa shape index (κ2) is 8.83. The van der Waals surface area contributed by atoms with Crippen LogP contribution in [0.4, 0.5) is 20.2 Å². The second-order valence-electron chi connectivity index (χ2n) is 8.94. The number of ether oxygens (including phenoxy) is 1. The van der Waals surface area contributed by atoms with E-state index >= 15 is 0 Å². The second-order valence-corrected chi connectivity index (χ2v) is 8.94. The first-order chi connectivity index (χ1) is 17.1. The van der Waals surface area contributed by atoms with E-state index in [9.17, 15) is 8.78 Å². The molecule has 0 amide bonds. The number of piperidine rings is 1. The molecule has 2 fully saturated rings. The molecule has 2 aliphatic heterocycles. The molecule has 178 valence electrons. The molecule has 35 heavy (non-hydrogen) atoms. The normalized spacial score (nSPS) is 20.1. The molecule has 0 aliphatic carbocycles. The maximum Gasteiger partial charge on any atom is 0.126 e. The lowest BCUT2D eigenvalue weighted by molar-refractivity contribution is -0.00896. The lowest BCUT2D eigenvalue weighted by Crippen LogP contribution is -2.57. The van der Waals surface area contributed by atoms with Crippen LogP contribution in [0.1, 0.15) is 6.42 Å². The number of halogens is 2. The van der Waals surface area contributed by atoms with Gasteiger partial charge < -0.3 is 20.7 Å². The molecule has 0 bridgehead atoms. The van der Waals surface area contributed by atoms with E-state index in [1.54, 1.807) is 12.4 Å². The number of hydrogen-bond donors (Lipinski definition) is 2. The van der Waals surface area contributed by atoms with Crippen molar-refractivity contribution >= 4 is 22.3 Å². The first kappa shape index (κ1) is 21.8. The average molecular weight is 475 g/mol. The Kier molecular flexibility index (Phi) is 5.50. The SMILES string of the molecule is Nc1cncnc1-c1ccc2ncc(-c3cc(F)cc(F)c3)c(N3CCC4NCCO[C@@H]4C3)c2c1. The van der Waals surface area contributed by atoms with Crippen LogP contribution in [0.2, 0.25) is 0 Å². The van der Waals surface area contributed by atoms with Crippen LogP contribution in [-0.4, -0.2) is 53.3 Å². The fraction of sp³-hybridized carbons (Fsp3) is 0.269. The zero-order valence-electron chi connectivity index (χ0n) is 18.9. The minimum Gasteiger partial charge on any atom is -0.396 e. The molecule has 7 nitrogen and oxygen atoms in total. The highest BCUT2D eigenvalue weighted by Gasteiger charge is 2.33. The van der Waals surface area contributed by atoms with Gasteiger partial charge in [0, 0.05) is 54.5 Å². The molecule has 2 atom stereocenters. The minimum atomic E-state index is -0.632. The van der Waals surface area contributed by atoms with Gasteiger partial charge in [-0.3, -0.25) is 4.98 Å². The van der Waals surface area contributed by atoms with E-state index in [0.29, 0.717) is 41.7 Å². The van der Waals surface area contributed by atoms with Crippen molar-refractivity contribution in [1.82, 2.24) is 20.3 Å². The molecule has 2 aromatic heterocycles. The van der Waals surface area contributed by atoms with Crippen molar-refractivity contribution in [2.24, 2.45) is 0 Å². The van der Waals surface area contributed by atoms with Gasteiger partial charge in [0.1, 0.15) is 18.0 Å². The number of nitrogens with zero attached hydrogens (tertiary/aromatic N) is 4. The molecule has 9 heteroatoms. The Labute approximate surface area is 201 Å². The number of rotatable bonds is 3. The quantitative estimate of drug-likeness (QED) is 0.467. The summed E-state index contributed by atoms with van der Waals surface area (Å²) in [4.78, 5) is 15.2. The number of benzene rings is 2. The molecule has 2 saturated heterocycles. The van der Waals surface area contributed by atoms with Crippen LogP contribution in [0.5, 0.6) is 0 Å². The number of hydrogen-bond acceptors (Lipinski definition) is 7. The van der Waals surface area contributed by atoms with E-state index in [1.165, 1.54) is 18.5 Å². The van der Waals surface area contributed by atoms with Crippen molar-refractivity contribution in [3.63, 3.8) is 0 Å². The Morgan fingerprint density at radius 1 is 1.03 bits per heavy atom. The standard InChI is InChI=1S/C26H24F2N6O/c27-17-7-16(8-18(28)10-17)20-11-32-22-2-1-15(25-21(29)12-30-14-33-25)9-19(22)26(20)34-5-3-23-24(13-34)35-6-4-31-23/h1-2,7-12,14,23-24,31H,3-6,13,29H2/t23?,24-/m1/s1. The number of nitrogen functional groups attached to an aromatic ring is 1. The molecule has 3 N–H and O–H groups in total. The average Bonchev–Trinajstić information content (AvgIpc) is 2.87. The van der Waals surface area contributed by atoms with Gasteiger partial charge in [0.15, 0.2) is 0 Å². The Morgan fingerprint density at radius 3 is 2.71 bits per heavy atom. The zero-order chi connectivity index (χ0) is 23.9. The van der Waals surface area contributed by atoms with Gasteiger partial charge in [0.05, 0.1) is 41.5 Å². The molecule has 0 radical (unpaired) electrons. The highest BCUT2D eigenvalue weighted by Crippen LogP contribution is 2.40. The highest BCUT2D eigenvalue weighted by molar-refractivity contribution is 6.02. The van der Waals surface area contributed by atoms with Gasteiger partial charge in [-0.15, -0.1) is 0 Å². The fourth-order valence-electron chi connectivity index (χ4n) is 5.15. The lowest BCUT2D eigenvalue weighted by Gasteiger charge is -2.43. The van der Waals surface area contributed by atoms with Crippen LogP contribution in [-0.2, 0) is 4.74 Å². The first-order valence-electron chi connectivity index (χ1n) is 11.6. The summed E-state index contributed by atoms with van der Waals surface area (Å²) in [6, 6.07) is 9.67. The Morgan fingerprint density at radius 2 is 1.89 bits per heavy atom. The summed E-state index contributed by atoms with van der Waals surface area (Å²) >= 11 is 0. The molecule has 0 saturated carbocycles. The topological polar surface area (TPSA) is 89.2 Å². The first-order valence-corrected chi connectivity index (χ1v) is 11.6. The summed E-state index contributed by atoms with van der Waals surface area (Å²) in [7, 11) is 0.